The Morgan fingerprint density at radius 2 is 2.06 bits per heavy atom. The highest BCUT2D eigenvalue weighted by Crippen LogP contribution is 2.25. The first-order valence-electron chi connectivity index (χ1n) is 5.18. The molecule has 0 aliphatic rings. The van der Waals surface area contributed by atoms with Crippen molar-refractivity contribution in [2.24, 2.45) is 0 Å². The van der Waals surface area contributed by atoms with Crippen LogP contribution in [0.15, 0.2) is 27.1 Å². The zero-order valence-electron chi connectivity index (χ0n) is 9.75. The summed E-state index contributed by atoms with van der Waals surface area (Å²) >= 11 is 8.20. The minimum absolute atomic E-state index is 0.164. The first-order chi connectivity index (χ1) is 8.47. The van der Waals surface area contributed by atoms with Gasteiger partial charge >= 0.3 is 0 Å². The number of nitrogens with one attached hydrogen (secondary N) is 1. The molecule has 0 saturated heterocycles. The molecule has 3 nitrogen and oxygen atoms in total. The van der Waals surface area contributed by atoms with Gasteiger partial charge in [0.15, 0.2) is 5.13 Å². The molecule has 0 radical (unpaired) electrons. The lowest BCUT2D eigenvalue weighted by molar-refractivity contribution is 0.102. The fourth-order valence-corrected chi connectivity index (χ4v) is 3.40. The zero-order chi connectivity index (χ0) is 13.3. The Bertz CT molecular complexity index is 591. The Hall–Kier alpha value is -0.720. The Labute approximate surface area is 126 Å². The number of benzene rings is 1. The summed E-state index contributed by atoms with van der Waals surface area (Å²) in [6.07, 6.45) is 0. The third-order valence-corrected chi connectivity index (χ3v) is 4.56. The number of anilines is 1. The number of hydrogen-bond donors (Lipinski definition) is 1. The first-order valence-corrected chi connectivity index (χ1v) is 7.58. The van der Waals surface area contributed by atoms with Gasteiger partial charge in [-0.2, -0.15) is 0 Å². The molecule has 1 aromatic carbocycles. The quantitative estimate of drug-likeness (QED) is 0.819. The molecule has 1 aromatic heterocycles. The predicted octanol–water partition coefficient (Wildman–Crippen LogP) is 4.54. The highest BCUT2D eigenvalue weighted by atomic mass is 79.9. The van der Waals surface area contributed by atoms with Crippen LogP contribution in [-0.2, 0) is 0 Å². The van der Waals surface area contributed by atoms with Gasteiger partial charge in [-0.25, -0.2) is 4.98 Å². The molecule has 6 heteroatoms. The largest absolute Gasteiger partial charge is 0.298 e. The summed E-state index contributed by atoms with van der Waals surface area (Å²) in [5.41, 5.74) is 1.54. The minimum atomic E-state index is -0.164. The average molecular weight is 390 g/mol. The summed E-state index contributed by atoms with van der Waals surface area (Å²) < 4.78 is 1.67. The number of carbonyl (C=O) groups excluding carboxylic acids is 1. The summed E-state index contributed by atoms with van der Waals surface area (Å²) in [4.78, 5) is 17.5. The van der Waals surface area contributed by atoms with E-state index >= 15 is 0 Å². The molecule has 0 aliphatic carbocycles. The van der Waals surface area contributed by atoms with Gasteiger partial charge in [-0.05, 0) is 48.0 Å². The molecule has 0 saturated carbocycles. The maximum absolute atomic E-state index is 12.1. The van der Waals surface area contributed by atoms with Crippen LogP contribution in [0.5, 0.6) is 0 Å². The fraction of sp³-hybridized carbons (Fsp3) is 0.167. The second-order valence-corrected chi connectivity index (χ2v) is 6.71. The Morgan fingerprint density at radius 1 is 1.33 bits per heavy atom. The molecule has 2 aromatic rings. The van der Waals surface area contributed by atoms with E-state index in [1.165, 1.54) is 11.3 Å². The van der Waals surface area contributed by atoms with Gasteiger partial charge in [0.2, 0.25) is 0 Å². The van der Waals surface area contributed by atoms with Gasteiger partial charge in [-0.1, -0.05) is 15.9 Å². The molecule has 0 unspecified atom stereocenters. The summed E-state index contributed by atoms with van der Waals surface area (Å²) in [5.74, 6) is -0.164. The molecule has 2 rings (SSSR count). The van der Waals surface area contributed by atoms with E-state index in [1.54, 1.807) is 6.07 Å². The minimum Gasteiger partial charge on any atom is -0.298 e. The number of rotatable bonds is 2. The SMILES string of the molecule is Cc1nc(NC(=O)c2ccc(Br)cc2Br)sc1C. The first kappa shape index (κ1) is 13.7. The van der Waals surface area contributed by atoms with Crippen molar-refractivity contribution in [3.63, 3.8) is 0 Å². The number of halogens is 2. The Kier molecular flexibility index (Phi) is 4.19. The van der Waals surface area contributed by atoms with Gasteiger partial charge in [-0.15, -0.1) is 11.3 Å². The number of thiazole rings is 1. The second kappa shape index (κ2) is 5.50. The van der Waals surface area contributed by atoms with Crippen molar-refractivity contribution in [1.82, 2.24) is 4.98 Å². The molecule has 0 atom stereocenters. The molecule has 1 N–H and O–H groups in total. The maximum atomic E-state index is 12.1. The molecule has 0 aliphatic heterocycles. The van der Waals surface area contributed by atoms with E-state index in [0.29, 0.717) is 10.7 Å². The van der Waals surface area contributed by atoms with Crippen LogP contribution in [0.2, 0.25) is 0 Å². The summed E-state index contributed by atoms with van der Waals surface area (Å²) in [7, 11) is 0. The highest BCUT2D eigenvalue weighted by molar-refractivity contribution is 9.11. The number of hydrogen-bond acceptors (Lipinski definition) is 3. The van der Waals surface area contributed by atoms with Crippen molar-refractivity contribution in [1.29, 1.82) is 0 Å². The number of carbonyl (C=O) groups is 1. The van der Waals surface area contributed by atoms with E-state index in [0.717, 1.165) is 19.5 Å². The third kappa shape index (κ3) is 2.99. The highest BCUT2D eigenvalue weighted by Gasteiger charge is 2.13. The molecule has 0 fully saturated rings. The molecule has 0 bridgehead atoms. The van der Waals surface area contributed by atoms with Crippen LogP contribution in [0.4, 0.5) is 5.13 Å². The van der Waals surface area contributed by atoms with E-state index in [1.807, 2.05) is 26.0 Å². The van der Waals surface area contributed by atoms with E-state index < -0.39 is 0 Å². The van der Waals surface area contributed by atoms with Crippen LogP contribution in [0.25, 0.3) is 0 Å². The van der Waals surface area contributed by atoms with Gasteiger partial charge in [0.05, 0.1) is 11.3 Å². The second-order valence-electron chi connectivity index (χ2n) is 3.74. The topological polar surface area (TPSA) is 42.0 Å². The van der Waals surface area contributed by atoms with E-state index in [2.05, 4.69) is 42.2 Å². The number of amides is 1. The van der Waals surface area contributed by atoms with Crippen molar-refractivity contribution >= 4 is 54.2 Å². The number of aryl methyl sites for hydroxylation is 2. The van der Waals surface area contributed by atoms with Crippen LogP contribution in [0.3, 0.4) is 0 Å². The summed E-state index contributed by atoms with van der Waals surface area (Å²) in [6.45, 7) is 3.91. The van der Waals surface area contributed by atoms with Crippen LogP contribution >= 0.6 is 43.2 Å². The Morgan fingerprint density at radius 3 is 2.61 bits per heavy atom. The van der Waals surface area contributed by atoms with Crippen molar-refractivity contribution in [3.8, 4) is 0 Å². The molecule has 18 heavy (non-hydrogen) atoms. The lowest BCUT2D eigenvalue weighted by Crippen LogP contribution is -2.12. The van der Waals surface area contributed by atoms with E-state index in [-0.39, 0.29) is 5.91 Å². The molecular formula is C12H10Br2N2OS. The third-order valence-electron chi connectivity index (χ3n) is 2.42. The normalized spacial score (nSPS) is 10.4. The van der Waals surface area contributed by atoms with Crippen molar-refractivity contribution < 1.29 is 4.79 Å². The van der Waals surface area contributed by atoms with Crippen LogP contribution in [0, 0.1) is 13.8 Å². The molecule has 94 valence electrons. The van der Waals surface area contributed by atoms with Crippen molar-refractivity contribution in [3.05, 3.63) is 43.3 Å². The van der Waals surface area contributed by atoms with Gasteiger partial charge in [0.25, 0.3) is 5.91 Å². The standard InChI is InChI=1S/C12H10Br2N2OS/c1-6-7(2)18-12(15-6)16-11(17)9-4-3-8(13)5-10(9)14/h3-5H,1-2H3,(H,15,16,17). The Balaban J connectivity index is 2.22. The number of nitrogens with zero attached hydrogens (tertiary/aromatic N) is 1. The lowest BCUT2D eigenvalue weighted by atomic mass is 10.2. The van der Waals surface area contributed by atoms with E-state index in [4.69, 9.17) is 0 Å². The van der Waals surface area contributed by atoms with Gasteiger partial charge in [0, 0.05) is 13.8 Å². The summed E-state index contributed by atoms with van der Waals surface area (Å²) in [6, 6.07) is 5.43. The van der Waals surface area contributed by atoms with Crippen molar-refractivity contribution in [2.75, 3.05) is 5.32 Å². The lowest BCUT2D eigenvalue weighted by Gasteiger charge is -2.04. The predicted molar refractivity (Wildman–Crippen MR) is 81.4 cm³/mol. The van der Waals surface area contributed by atoms with Crippen LogP contribution in [-0.4, -0.2) is 10.9 Å². The fourth-order valence-electron chi connectivity index (χ4n) is 1.36. The zero-order valence-corrected chi connectivity index (χ0v) is 13.7. The van der Waals surface area contributed by atoms with Gasteiger partial charge in [-0.3, -0.25) is 10.1 Å². The smallest absolute Gasteiger partial charge is 0.258 e. The van der Waals surface area contributed by atoms with E-state index in [9.17, 15) is 4.79 Å². The number of aromatic nitrogens is 1. The monoisotopic (exact) mass is 388 g/mol. The van der Waals surface area contributed by atoms with Gasteiger partial charge < -0.3 is 0 Å². The van der Waals surface area contributed by atoms with Crippen molar-refractivity contribution in [2.45, 2.75) is 13.8 Å². The molecule has 0 spiro atoms. The van der Waals surface area contributed by atoms with Gasteiger partial charge in [0.1, 0.15) is 0 Å². The molecular weight excluding hydrogens is 380 g/mol. The maximum Gasteiger partial charge on any atom is 0.258 e. The van der Waals surface area contributed by atoms with Crippen LogP contribution in [0.1, 0.15) is 20.9 Å². The molecule has 1 heterocycles. The average Bonchev–Trinajstić information content (AvgIpc) is 2.57. The van der Waals surface area contributed by atoms with Crippen LogP contribution < -0.4 is 5.32 Å². The molecule has 1 amide bonds. The summed E-state index contributed by atoms with van der Waals surface area (Å²) in [5, 5.41) is 3.43.